The lowest BCUT2D eigenvalue weighted by Gasteiger charge is -2.48. The number of aliphatic hydroxyl groups is 1. The van der Waals surface area contributed by atoms with E-state index in [0.29, 0.717) is 5.15 Å². The summed E-state index contributed by atoms with van der Waals surface area (Å²) in [4.78, 5) is 8.55. The average molecular weight is 350 g/mol. The van der Waals surface area contributed by atoms with Crippen molar-refractivity contribution in [3.05, 3.63) is 23.2 Å². The maximum absolute atomic E-state index is 10.0. The molecular weight excluding hydrogens is 330 g/mol. The molecule has 6 nitrogen and oxygen atoms in total. The van der Waals surface area contributed by atoms with E-state index in [-0.39, 0.29) is 24.2 Å². The molecule has 0 unspecified atom stereocenters. The maximum atomic E-state index is 10.0. The van der Waals surface area contributed by atoms with E-state index in [1.165, 1.54) is 6.33 Å². The summed E-state index contributed by atoms with van der Waals surface area (Å²) in [6, 6.07) is 2.09. The number of nitrogens with zero attached hydrogens (tertiary/aromatic N) is 3. The highest BCUT2D eigenvalue weighted by atomic mass is 35.5. The standard InChI is InChI=1S/C17H20ClN3O3/c1-9-4-10-12(18)19-8-20-13(10)21(9)11-5-16(7-22)6-17(11)14(16)23-15(2,3)24-17/h4,8,11,14,22H,5-7H2,1-3H3/t11-,14-,16+,17-/m1/s1. The summed E-state index contributed by atoms with van der Waals surface area (Å²) >= 11 is 6.24. The van der Waals surface area contributed by atoms with Gasteiger partial charge < -0.3 is 19.1 Å². The van der Waals surface area contributed by atoms with Crippen LogP contribution >= 0.6 is 11.6 Å². The summed E-state index contributed by atoms with van der Waals surface area (Å²) in [5.41, 5.74) is 1.26. The Labute approximate surface area is 144 Å². The molecule has 1 saturated heterocycles. The molecule has 7 heteroatoms. The number of rotatable bonds is 2. The van der Waals surface area contributed by atoms with Crippen molar-refractivity contribution < 1.29 is 14.6 Å². The van der Waals surface area contributed by atoms with Gasteiger partial charge in [0.25, 0.3) is 0 Å². The number of aryl methyl sites for hydroxylation is 1. The number of hydrogen-bond acceptors (Lipinski definition) is 5. The molecule has 3 heterocycles. The van der Waals surface area contributed by atoms with Gasteiger partial charge in [0, 0.05) is 11.1 Å². The molecule has 1 aliphatic heterocycles. The molecule has 4 aliphatic rings. The topological polar surface area (TPSA) is 69.4 Å². The summed E-state index contributed by atoms with van der Waals surface area (Å²) < 4.78 is 14.8. The molecule has 2 aromatic rings. The van der Waals surface area contributed by atoms with E-state index < -0.39 is 11.4 Å². The monoisotopic (exact) mass is 349 g/mol. The van der Waals surface area contributed by atoms with Crippen molar-refractivity contribution in [2.24, 2.45) is 5.41 Å². The predicted octanol–water partition coefficient (Wildman–Crippen LogP) is 2.61. The maximum Gasteiger partial charge on any atom is 0.164 e. The van der Waals surface area contributed by atoms with Gasteiger partial charge in [0.2, 0.25) is 0 Å². The lowest BCUT2D eigenvalue weighted by Crippen LogP contribution is -2.59. The van der Waals surface area contributed by atoms with E-state index in [1.807, 2.05) is 26.8 Å². The van der Waals surface area contributed by atoms with Gasteiger partial charge in [-0.05, 0) is 39.7 Å². The van der Waals surface area contributed by atoms with Crippen LogP contribution in [-0.2, 0) is 9.47 Å². The van der Waals surface area contributed by atoms with E-state index in [1.54, 1.807) is 0 Å². The van der Waals surface area contributed by atoms with Gasteiger partial charge in [0.05, 0.1) is 18.0 Å². The van der Waals surface area contributed by atoms with Crippen LogP contribution in [0.3, 0.4) is 0 Å². The fraction of sp³-hybridized carbons (Fsp3) is 0.647. The average Bonchev–Trinajstić information content (AvgIpc) is 3.14. The van der Waals surface area contributed by atoms with Gasteiger partial charge in [-0.25, -0.2) is 9.97 Å². The lowest BCUT2D eigenvalue weighted by atomic mass is 9.64. The molecule has 0 radical (unpaired) electrons. The summed E-state index contributed by atoms with van der Waals surface area (Å²) in [5, 5.41) is 11.3. The van der Waals surface area contributed by atoms with Crippen molar-refractivity contribution in [1.82, 2.24) is 14.5 Å². The Kier molecular flexibility index (Phi) is 2.70. The van der Waals surface area contributed by atoms with E-state index in [9.17, 15) is 5.11 Å². The second kappa shape index (κ2) is 4.30. The molecule has 1 spiro atoms. The van der Waals surface area contributed by atoms with Crippen LogP contribution < -0.4 is 0 Å². The van der Waals surface area contributed by atoms with Gasteiger partial charge in [-0.3, -0.25) is 0 Å². The molecule has 3 aliphatic carbocycles. The fourth-order valence-electron chi connectivity index (χ4n) is 5.33. The Morgan fingerprint density at radius 3 is 2.96 bits per heavy atom. The van der Waals surface area contributed by atoms with Gasteiger partial charge in [0.1, 0.15) is 28.8 Å². The van der Waals surface area contributed by atoms with E-state index >= 15 is 0 Å². The van der Waals surface area contributed by atoms with Gasteiger partial charge in [-0.1, -0.05) is 11.6 Å². The Morgan fingerprint density at radius 2 is 2.21 bits per heavy atom. The minimum Gasteiger partial charge on any atom is -0.396 e. The molecule has 2 aromatic heterocycles. The molecule has 2 bridgehead atoms. The van der Waals surface area contributed by atoms with Gasteiger partial charge in [-0.2, -0.15) is 0 Å². The SMILES string of the molecule is Cc1cc2c(Cl)ncnc2n1[C@@H]1C[C@@]2(CO)C[C@@]13OC(C)(C)O[C@H]23. The summed E-state index contributed by atoms with van der Waals surface area (Å²) in [6.45, 7) is 6.05. The van der Waals surface area contributed by atoms with Crippen LogP contribution in [0, 0.1) is 12.3 Å². The Bertz CT molecular complexity index is 866. The van der Waals surface area contributed by atoms with Gasteiger partial charge >= 0.3 is 0 Å². The van der Waals surface area contributed by atoms with Crippen LogP contribution in [0.15, 0.2) is 12.4 Å². The third-order valence-corrected chi connectivity index (χ3v) is 6.33. The van der Waals surface area contributed by atoms with Crippen LogP contribution in [0.1, 0.15) is 38.4 Å². The largest absolute Gasteiger partial charge is 0.396 e. The van der Waals surface area contributed by atoms with Gasteiger partial charge in [-0.15, -0.1) is 0 Å². The molecule has 4 fully saturated rings. The number of fused-ring (bicyclic) bond motifs is 2. The molecule has 1 N–H and O–H groups in total. The van der Waals surface area contributed by atoms with Crippen molar-refractivity contribution in [1.29, 1.82) is 0 Å². The van der Waals surface area contributed by atoms with Crippen LogP contribution in [-0.4, -0.2) is 43.7 Å². The Hall–Kier alpha value is -1.21. The Balaban J connectivity index is 1.69. The first-order valence-electron chi connectivity index (χ1n) is 8.29. The first-order valence-corrected chi connectivity index (χ1v) is 8.67. The third kappa shape index (κ3) is 1.58. The Morgan fingerprint density at radius 1 is 1.42 bits per heavy atom. The zero-order valence-electron chi connectivity index (χ0n) is 13.9. The first kappa shape index (κ1) is 15.1. The summed E-state index contributed by atoms with van der Waals surface area (Å²) in [6.07, 6.45) is 3.04. The smallest absolute Gasteiger partial charge is 0.164 e. The molecule has 24 heavy (non-hydrogen) atoms. The highest BCUT2D eigenvalue weighted by Gasteiger charge is 2.80. The summed E-state index contributed by atoms with van der Waals surface area (Å²) in [5.74, 6) is -0.635. The normalized spacial score (nSPS) is 39.2. The third-order valence-electron chi connectivity index (χ3n) is 6.03. The van der Waals surface area contributed by atoms with Crippen LogP contribution in [0.25, 0.3) is 11.0 Å². The molecule has 0 aromatic carbocycles. The minimum absolute atomic E-state index is 0.0693. The molecule has 4 atom stereocenters. The van der Waals surface area contributed by atoms with Crippen molar-refractivity contribution >= 4 is 22.6 Å². The number of hydrogen-bond donors (Lipinski definition) is 1. The van der Waals surface area contributed by atoms with Crippen molar-refractivity contribution in [3.8, 4) is 0 Å². The van der Waals surface area contributed by atoms with Crippen molar-refractivity contribution in [2.45, 2.75) is 57.1 Å². The molecule has 0 amide bonds. The lowest BCUT2D eigenvalue weighted by molar-refractivity contribution is -0.165. The zero-order valence-corrected chi connectivity index (χ0v) is 14.7. The van der Waals surface area contributed by atoms with E-state index in [2.05, 4.69) is 14.5 Å². The van der Waals surface area contributed by atoms with Crippen LogP contribution in [0.4, 0.5) is 0 Å². The van der Waals surface area contributed by atoms with Crippen LogP contribution in [0.5, 0.6) is 0 Å². The molecule has 128 valence electrons. The number of aromatic nitrogens is 3. The first-order chi connectivity index (χ1) is 11.3. The number of halogens is 1. The van der Waals surface area contributed by atoms with Crippen molar-refractivity contribution in [3.63, 3.8) is 0 Å². The highest BCUT2D eigenvalue weighted by Crippen LogP contribution is 2.73. The minimum atomic E-state index is -0.635. The predicted molar refractivity (Wildman–Crippen MR) is 87.8 cm³/mol. The van der Waals surface area contributed by atoms with Crippen molar-refractivity contribution in [2.75, 3.05) is 6.61 Å². The van der Waals surface area contributed by atoms with Gasteiger partial charge in [0.15, 0.2) is 5.79 Å². The molecular formula is C17H20ClN3O3. The number of ether oxygens (including phenoxy) is 2. The second-order valence-electron chi connectivity index (χ2n) is 7.93. The van der Waals surface area contributed by atoms with Crippen LogP contribution in [0.2, 0.25) is 5.15 Å². The summed E-state index contributed by atoms with van der Waals surface area (Å²) in [7, 11) is 0. The molecule has 3 saturated carbocycles. The zero-order chi connectivity index (χ0) is 16.9. The molecule has 6 rings (SSSR count). The van der Waals surface area contributed by atoms with E-state index in [0.717, 1.165) is 29.6 Å². The number of aliphatic hydroxyl groups excluding tert-OH is 1. The highest BCUT2D eigenvalue weighted by molar-refractivity contribution is 6.33. The quantitative estimate of drug-likeness (QED) is 0.844. The van der Waals surface area contributed by atoms with E-state index in [4.69, 9.17) is 21.1 Å². The second-order valence-corrected chi connectivity index (χ2v) is 8.29. The fourth-order valence-corrected chi connectivity index (χ4v) is 5.52.